The molecule has 3 N–H and O–H groups in total. The summed E-state index contributed by atoms with van der Waals surface area (Å²) in [6, 6.07) is 13.7. The molecule has 5 heteroatoms. The van der Waals surface area contributed by atoms with Gasteiger partial charge in [0.15, 0.2) is 0 Å². The summed E-state index contributed by atoms with van der Waals surface area (Å²) in [6.45, 7) is 0. The Balaban J connectivity index is 1.71. The van der Waals surface area contributed by atoms with Crippen LogP contribution in [0.5, 0.6) is 0 Å². The molecule has 106 valence electrons. The van der Waals surface area contributed by atoms with Crippen LogP contribution >= 0.6 is 0 Å². The molecule has 0 bridgehead atoms. The Morgan fingerprint density at radius 2 is 1.95 bits per heavy atom. The second-order valence-corrected chi connectivity index (χ2v) is 4.93. The lowest BCUT2D eigenvalue weighted by molar-refractivity contribution is -0.116. The lowest BCUT2D eigenvalue weighted by atomic mass is 10.1. The number of carboxylic acids is 1. The number of carbonyl (C=O) groups excluding carboxylic acids is 1. The number of rotatable bonds is 3. The van der Waals surface area contributed by atoms with E-state index in [0.29, 0.717) is 12.1 Å². The molecule has 1 aliphatic rings. The SMILES string of the molecule is O=C(O)c1cccc(NC(=O)[C@@H]2Cc3ccccc3N2)c1. The molecule has 2 aromatic carbocycles. The van der Waals surface area contributed by atoms with E-state index < -0.39 is 5.97 Å². The van der Waals surface area contributed by atoms with Crippen LogP contribution in [0.2, 0.25) is 0 Å². The lowest BCUT2D eigenvalue weighted by Gasteiger charge is -2.12. The summed E-state index contributed by atoms with van der Waals surface area (Å²) in [5, 5.41) is 14.9. The Bertz CT molecular complexity index is 687. The summed E-state index contributed by atoms with van der Waals surface area (Å²) in [6.07, 6.45) is 0.626. The number of amides is 1. The Morgan fingerprint density at radius 3 is 2.71 bits per heavy atom. The molecule has 0 aliphatic carbocycles. The molecule has 1 atom stereocenters. The predicted octanol–water partition coefficient (Wildman–Crippen LogP) is 2.36. The van der Waals surface area contributed by atoms with Crippen LogP contribution in [0.25, 0.3) is 0 Å². The Labute approximate surface area is 121 Å². The normalized spacial score (nSPS) is 15.9. The first-order chi connectivity index (χ1) is 10.1. The first kappa shape index (κ1) is 13.2. The summed E-state index contributed by atoms with van der Waals surface area (Å²) in [4.78, 5) is 23.2. The van der Waals surface area contributed by atoms with Gasteiger partial charge in [0.05, 0.1) is 5.56 Å². The van der Waals surface area contributed by atoms with Gasteiger partial charge >= 0.3 is 5.97 Å². The van der Waals surface area contributed by atoms with Crippen LogP contribution in [0, 0.1) is 0 Å². The molecular formula is C16H14N2O3. The fraction of sp³-hybridized carbons (Fsp3) is 0.125. The zero-order chi connectivity index (χ0) is 14.8. The van der Waals surface area contributed by atoms with Crippen molar-refractivity contribution in [1.82, 2.24) is 0 Å². The van der Waals surface area contributed by atoms with E-state index in [1.807, 2.05) is 24.3 Å². The van der Waals surface area contributed by atoms with E-state index in [2.05, 4.69) is 10.6 Å². The van der Waals surface area contributed by atoms with Crippen molar-refractivity contribution in [2.45, 2.75) is 12.5 Å². The van der Waals surface area contributed by atoms with E-state index in [4.69, 9.17) is 5.11 Å². The zero-order valence-electron chi connectivity index (χ0n) is 11.2. The molecular weight excluding hydrogens is 268 g/mol. The molecule has 0 spiro atoms. The molecule has 21 heavy (non-hydrogen) atoms. The monoisotopic (exact) mass is 282 g/mol. The van der Waals surface area contributed by atoms with Gasteiger partial charge in [0.1, 0.15) is 6.04 Å². The van der Waals surface area contributed by atoms with E-state index in [-0.39, 0.29) is 17.5 Å². The van der Waals surface area contributed by atoms with Gasteiger partial charge in [-0.3, -0.25) is 4.79 Å². The van der Waals surface area contributed by atoms with Crippen molar-refractivity contribution < 1.29 is 14.7 Å². The average molecular weight is 282 g/mol. The number of fused-ring (bicyclic) bond motifs is 1. The fourth-order valence-corrected chi connectivity index (χ4v) is 2.42. The fourth-order valence-electron chi connectivity index (χ4n) is 2.42. The van der Waals surface area contributed by atoms with Crippen molar-refractivity contribution in [2.24, 2.45) is 0 Å². The Kier molecular flexibility index (Phi) is 3.31. The molecule has 0 fully saturated rings. The molecule has 0 radical (unpaired) electrons. The highest BCUT2D eigenvalue weighted by Crippen LogP contribution is 2.25. The highest BCUT2D eigenvalue weighted by molar-refractivity contribution is 5.99. The van der Waals surface area contributed by atoms with Crippen molar-refractivity contribution >= 4 is 23.3 Å². The third-order valence-electron chi connectivity index (χ3n) is 3.46. The summed E-state index contributed by atoms with van der Waals surface area (Å²) < 4.78 is 0. The lowest BCUT2D eigenvalue weighted by Crippen LogP contribution is -2.32. The van der Waals surface area contributed by atoms with Gasteiger partial charge in [0, 0.05) is 17.8 Å². The minimum atomic E-state index is -1.02. The summed E-state index contributed by atoms with van der Waals surface area (Å²) in [5.41, 5.74) is 2.71. The van der Waals surface area contributed by atoms with E-state index in [9.17, 15) is 9.59 Å². The number of hydrogen-bond acceptors (Lipinski definition) is 3. The van der Waals surface area contributed by atoms with Gasteiger partial charge in [-0.15, -0.1) is 0 Å². The van der Waals surface area contributed by atoms with E-state index in [0.717, 1.165) is 11.3 Å². The van der Waals surface area contributed by atoms with Crippen molar-refractivity contribution in [3.63, 3.8) is 0 Å². The van der Waals surface area contributed by atoms with Crippen LogP contribution in [-0.2, 0) is 11.2 Å². The van der Waals surface area contributed by atoms with Gasteiger partial charge in [-0.1, -0.05) is 24.3 Å². The highest BCUT2D eigenvalue weighted by Gasteiger charge is 2.26. The largest absolute Gasteiger partial charge is 0.478 e. The highest BCUT2D eigenvalue weighted by atomic mass is 16.4. The molecule has 0 saturated carbocycles. The Hall–Kier alpha value is -2.82. The third-order valence-corrected chi connectivity index (χ3v) is 3.46. The molecule has 0 aromatic heterocycles. The first-order valence-electron chi connectivity index (χ1n) is 6.62. The van der Waals surface area contributed by atoms with E-state index >= 15 is 0 Å². The molecule has 1 heterocycles. The van der Waals surface area contributed by atoms with Crippen molar-refractivity contribution in [3.8, 4) is 0 Å². The number of nitrogens with one attached hydrogen (secondary N) is 2. The van der Waals surface area contributed by atoms with Crippen molar-refractivity contribution in [1.29, 1.82) is 0 Å². The number of carbonyl (C=O) groups is 2. The van der Waals surface area contributed by atoms with Crippen LogP contribution in [0.3, 0.4) is 0 Å². The zero-order valence-corrected chi connectivity index (χ0v) is 11.2. The van der Waals surface area contributed by atoms with Gasteiger partial charge in [0.25, 0.3) is 0 Å². The molecule has 2 aromatic rings. The summed E-state index contributed by atoms with van der Waals surface area (Å²) in [7, 11) is 0. The van der Waals surface area contributed by atoms with Crippen LogP contribution in [0.4, 0.5) is 11.4 Å². The van der Waals surface area contributed by atoms with Crippen molar-refractivity contribution in [3.05, 3.63) is 59.7 Å². The number of hydrogen-bond donors (Lipinski definition) is 3. The van der Waals surface area contributed by atoms with Gasteiger partial charge in [-0.2, -0.15) is 0 Å². The Morgan fingerprint density at radius 1 is 1.14 bits per heavy atom. The van der Waals surface area contributed by atoms with Gasteiger partial charge < -0.3 is 15.7 Å². The minimum absolute atomic E-state index is 0.149. The van der Waals surface area contributed by atoms with Crippen molar-refractivity contribution in [2.75, 3.05) is 10.6 Å². The van der Waals surface area contributed by atoms with E-state index in [1.165, 1.54) is 12.1 Å². The van der Waals surface area contributed by atoms with Crippen LogP contribution < -0.4 is 10.6 Å². The minimum Gasteiger partial charge on any atom is -0.478 e. The second-order valence-electron chi connectivity index (χ2n) is 4.93. The van der Waals surface area contributed by atoms with Crippen LogP contribution in [-0.4, -0.2) is 23.0 Å². The number of para-hydroxylation sites is 1. The standard InChI is InChI=1S/C16H14N2O3/c19-15(14-9-10-4-1-2-7-13(10)18-14)17-12-6-3-5-11(8-12)16(20)21/h1-8,14,18H,9H2,(H,17,19)(H,20,21)/t14-/m0/s1. The van der Waals surface area contributed by atoms with E-state index in [1.54, 1.807) is 12.1 Å². The van der Waals surface area contributed by atoms with Gasteiger partial charge in [0.2, 0.25) is 5.91 Å². The topological polar surface area (TPSA) is 78.4 Å². The third kappa shape index (κ3) is 2.72. The smallest absolute Gasteiger partial charge is 0.335 e. The van der Waals surface area contributed by atoms with Crippen LogP contribution in [0.15, 0.2) is 48.5 Å². The molecule has 0 unspecified atom stereocenters. The molecule has 1 aliphatic heterocycles. The second kappa shape index (κ2) is 5.28. The number of benzene rings is 2. The number of carboxylic acid groups (broad SMARTS) is 1. The quantitative estimate of drug-likeness (QED) is 0.807. The molecule has 1 amide bonds. The maximum atomic E-state index is 12.2. The predicted molar refractivity (Wildman–Crippen MR) is 79.6 cm³/mol. The van der Waals surface area contributed by atoms with Gasteiger partial charge in [-0.05, 0) is 29.8 Å². The molecule has 0 saturated heterocycles. The van der Waals surface area contributed by atoms with Crippen LogP contribution in [0.1, 0.15) is 15.9 Å². The number of anilines is 2. The molecule has 3 rings (SSSR count). The van der Waals surface area contributed by atoms with Gasteiger partial charge in [-0.25, -0.2) is 4.79 Å². The number of aromatic carboxylic acids is 1. The average Bonchev–Trinajstić information content (AvgIpc) is 2.91. The maximum absolute atomic E-state index is 12.2. The summed E-state index contributed by atoms with van der Waals surface area (Å²) >= 11 is 0. The first-order valence-corrected chi connectivity index (χ1v) is 6.62. The summed E-state index contributed by atoms with van der Waals surface area (Å²) in [5.74, 6) is -1.19. The molecule has 5 nitrogen and oxygen atoms in total. The maximum Gasteiger partial charge on any atom is 0.335 e.